The number of non-ortho nitro benzene ring substituents is 1. The van der Waals surface area contributed by atoms with Gasteiger partial charge in [0.25, 0.3) is 11.2 Å². The second-order valence-corrected chi connectivity index (χ2v) is 12.0. The molecule has 5 rings (SSSR count). The van der Waals surface area contributed by atoms with Crippen molar-refractivity contribution < 1.29 is 19.2 Å². The molecule has 0 N–H and O–H groups in total. The first-order valence-electron chi connectivity index (χ1n) is 13.2. The highest BCUT2D eigenvalue weighted by molar-refractivity contribution is 9.10. The fourth-order valence-electron chi connectivity index (χ4n) is 4.71. The molecule has 1 atom stereocenters. The highest BCUT2D eigenvalue weighted by Crippen LogP contribution is 2.34. The molecular weight excluding hydrogens is 658 g/mol. The second-order valence-electron chi connectivity index (χ2n) is 9.73. The molecule has 12 heteroatoms. The van der Waals surface area contributed by atoms with Crippen molar-refractivity contribution in [1.29, 1.82) is 0 Å². The average Bonchev–Trinajstić information content (AvgIpc) is 3.26. The van der Waals surface area contributed by atoms with Crippen LogP contribution in [0.1, 0.15) is 42.1 Å². The molecule has 1 aromatic heterocycles. The van der Waals surface area contributed by atoms with Gasteiger partial charge < -0.3 is 9.47 Å². The van der Waals surface area contributed by atoms with Crippen LogP contribution < -0.4 is 19.6 Å². The monoisotopic (exact) mass is 681 g/mol. The number of carbonyl (C=O) groups excluding carboxylic acids is 1. The SMILES string of the molecule is CCOC(=O)C1=C(C)N=c2s/c(=C\c3cc(Cl)cc(Br)c3OCc3ccc([N+](=O)[O-])cc3)c(=O)n2[C@@H]1c1ccc(C)cc1. The Morgan fingerprint density at radius 3 is 2.51 bits per heavy atom. The zero-order chi connectivity index (χ0) is 30.8. The summed E-state index contributed by atoms with van der Waals surface area (Å²) in [4.78, 5) is 42.7. The van der Waals surface area contributed by atoms with E-state index in [9.17, 15) is 19.7 Å². The number of allylic oxidation sites excluding steroid dienone is 1. The van der Waals surface area contributed by atoms with Crippen LogP contribution in [0.25, 0.3) is 6.08 Å². The van der Waals surface area contributed by atoms with Crippen molar-refractivity contribution in [2.75, 3.05) is 6.61 Å². The third-order valence-corrected chi connectivity index (χ3v) is 8.55. The van der Waals surface area contributed by atoms with E-state index in [1.165, 1.54) is 28.0 Å². The number of nitro groups is 1. The van der Waals surface area contributed by atoms with Crippen LogP contribution in [0.3, 0.4) is 0 Å². The maximum atomic E-state index is 14.0. The summed E-state index contributed by atoms with van der Waals surface area (Å²) in [5, 5.41) is 11.4. The van der Waals surface area contributed by atoms with Crippen molar-refractivity contribution in [3.8, 4) is 5.75 Å². The molecule has 0 unspecified atom stereocenters. The van der Waals surface area contributed by atoms with Gasteiger partial charge in [0.1, 0.15) is 12.4 Å². The number of hydrogen-bond acceptors (Lipinski definition) is 8. The fourth-order valence-corrected chi connectivity index (χ4v) is 6.69. The van der Waals surface area contributed by atoms with Gasteiger partial charge in [0.05, 0.1) is 37.8 Å². The largest absolute Gasteiger partial charge is 0.487 e. The number of fused-ring (bicyclic) bond motifs is 1. The van der Waals surface area contributed by atoms with E-state index in [0.29, 0.717) is 41.4 Å². The molecule has 0 bridgehead atoms. The molecule has 220 valence electrons. The first kappa shape index (κ1) is 30.4. The lowest BCUT2D eigenvalue weighted by Crippen LogP contribution is -2.39. The minimum Gasteiger partial charge on any atom is -0.487 e. The maximum Gasteiger partial charge on any atom is 0.338 e. The Hall–Kier alpha value is -4.06. The standard InChI is InChI=1S/C31H25BrClN3O6S/c1-4-41-30(38)26-18(3)34-31-35(27(26)20-9-5-17(2)6-10-20)29(37)25(43-31)14-21-13-22(33)15-24(32)28(21)42-16-19-7-11-23(12-8-19)36(39)40/h5-15,27H,4,16H2,1-3H3/b25-14-/t27-/m1/s1. The summed E-state index contributed by atoms with van der Waals surface area (Å²) in [5.74, 6) is -0.0867. The summed E-state index contributed by atoms with van der Waals surface area (Å²) in [7, 11) is 0. The molecule has 0 aliphatic carbocycles. The lowest BCUT2D eigenvalue weighted by Gasteiger charge is -2.24. The minimum absolute atomic E-state index is 0.0159. The van der Waals surface area contributed by atoms with Gasteiger partial charge in [0.2, 0.25) is 0 Å². The van der Waals surface area contributed by atoms with E-state index < -0.39 is 16.9 Å². The minimum atomic E-state index is -0.720. The predicted molar refractivity (Wildman–Crippen MR) is 168 cm³/mol. The zero-order valence-corrected chi connectivity index (χ0v) is 26.5. The van der Waals surface area contributed by atoms with Gasteiger partial charge in [0.15, 0.2) is 4.80 Å². The molecule has 0 radical (unpaired) electrons. The molecule has 0 amide bonds. The molecule has 0 saturated carbocycles. The Morgan fingerprint density at radius 1 is 1.16 bits per heavy atom. The lowest BCUT2D eigenvalue weighted by molar-refractivity contribution is -0.384. The number of esters is 1. The van der Waals surface area contributed by atoms with Crippen molar-refractivity contribution >= 4 is 56.6 Å². The number of nitro benzene ring substituents is 1. The fraction of sp³-hybridized carbons (Fsp3) is 0.194. The van der Waals surface area contributed by atoms with Crippen LogP contribution in [0.15, 0.2) is 86.2 Å². The van der Waals surface area contributed by atoms with Crippen molar-refractivity contribution in [3.05, 3.63) is 133 Å². The van der Waals surface area contributed by atoms with Gasteiger partial charge in [-0.25, -0.2) is 9.79 Å². The highest BCUT2D eigenvalue weighted by Gasteiger charge is 2.33. The number of nitrogens with zero attached hydrogens (tertiary/aromatic N) is 3. The number of carbonyl (C=O) groups is 1. The Labute approximate surface area is 263 Å². The van der Waals surface area contributed by atoms with Gasteiger partial charge in [-0.15, -0.1) is 0 Å². The van der Waals surface area contributed by atoms with Gasteiger partial charge >= 0.3 is 5.97 Å². The number of halogens is 2. The molecule has 4 aromatic rings. The van der Waals surface area contributed by atoms with Gasteiger partial charge in [-0.05, 0) is 78.2 Å². The summed E-state index contributed by atoms with van der Waals surface area (Å²) in [6.07, 6.45) is 1.68. The summed E-state index contributed by atoms with van der Waals surface area (Å²) < 4.78 is 13.9. The third kappa shape index (κ3) is 6.34. The Bertz CT molecular complexity index is 1950. The number of aryl methyl sites for hydroxylation is 1. The number of thiazole rings is 1. The van der Waals surface area contributed by atoms with E-state index in [2.05, 4.69) is 20.9 Å². The third-order valence-electron chi connectivity index (χ3n) is 6.76. The van der Waals surface area contributed by atoms with E-state index in [4.69, 9.17) is 21.1 Å². The molecular formula is C31H25BrClN3O6S. The molecule has 1 aliphatic rings. The van der Waals surface area contributed by atoms with Crippen molar-refractivity contribution in [3.63, 3.8) is 0 Å². The normalized spacial score (nSPS) is 14.7. The van der Waals surface area contributed by atoms with Crippen LogP contribution in [0, 0.1) is 17.0 Å². The highest BCUT2D eigenvalue weighted by atomic mass is 79.9. The number of rotatable bonds is 8. The van der Waals surface area contributed by atoms with E-state index >= 15 is 0 Å². The van der Waals surface area contributed by atoms with E-state index in [-0.39, 0.29) is 24.5 Å². The molecule has 0 fully saturated rings. The molecule has 9 nitrogen and oxygen atoms in total. The summed E-state index contributed by atoms with van der Waals surface area (Å²) in [5.41, 5.74) is 3.50. The Morgan fingerprint density at radius 2 is 1.86 bits per heavy atom. The molecule has 0 spiro atoms. The van der Waals surface area contributed by atoms with Crippen molar-refractivity contribution in [2.45, 2.75) is 33.4 Å². The molecule has 0 saturated heterocycles. The smallest absolute Gasteiger partial charge is 0.338 e. The predicted octanol–water partition coefficient (Wildman–Crippen LogP) is 6.01. The maximum absolute atomic E-state index is 14.0. The van der Waals surface area contributed by atoms with Crippen LogP contribution in [0.5, 0.6) is 5.75 Å². The van der Waals surface area contributed by atoms with Gasteiger partial charge in [-0.1, -0.05) is 52.8 Å². The van der Waals surface area contributed by atoms with Gasteiger partial charge in [-0.2, -0.15) is 0 Å². The zero-order valence-electron chi connectivity index (χ0n) is 23.3. The van der Waals surface area contributed by atoms with Gasteiger partial charge in [-0.3, -0.25) is 19.5 Å². The van der Waals surface area contributed by atoms with Crippen molar-refractivity contribution in [2.24, 2.45) is 4.99 Å². The number of aromatic nitrogens is 1. The van der Waals surface area contributed by atoms with Crippen LogP contribution >= 0.6 is 38.9 Å². The summed E-state index contributed by atoms with van der Waals surface area (Å²) >= 11 is 11.1. The second kappa shape index (κ2) is 12.7. The van der Waals surface area contributed by atoms with Gasteiger partial charge in [0, 0.05) is 22.7 Å². The molecule has 43 heavy (non-hydrogen) atoms. The average molecular weight is 683 g/mol. The molecule has 1 aliphatic heterocycles. The number of benzene rings is 3. The van der Waals surface area contributed by atoms with Crippen LogP contribution in [-0.4, -0.2) is 22.1 Å². The Kier molecular flexibility index (Phi) is 8.95. The first-order chi connectivity index (χ1) is 20.6. The first-order valence-corrected chi connectivity index (χ1v) is 15.2. The quantitative estimate of drug-likeness (QED) is 0.128. The number of ether oxygens (including phenoxy) is 2. The Balaban J connectivity index is 1.60. The van der Waals surface area contributed by atoms with E-state index in [1.54, 1.807) is 44.2 Å². The lowest BCUT2D eigenvalue weighted by atomic mass is 9.95. The van der Waals surface area contributed by atoms with Crippen LogP contribution in [-0.2, 0) is 16.1 Å². The summed E-state index contributed by atoms with van der Waals surface area (Å²) in [6.45, 7) is 5.74. The van der Waals surface area contributed by atoms with Crippen LogP contribution in [0.2, 0.25) is 5.02 Å². The number of hydrogen-bond donors (Lipinski definition) is 0. The van der Waals surface area contributed by atoms with E-state index in [0.717, 1.165) is 16.7 Å². The van der Waals surface area contributed by atoms with Crippen LogP contribution in [0.4, 0.5) is 5.69 Å². The molecule has 2 heterocycles. The topological polar surface area (TPSA) is 113 Å². The summed E-state index contributed by atoms with van der Waals surface area (Å²) in [6, 6.07) is 16.4. The van der Waals surface area contributed by atoms with E-state index in [1.807, 2.05) is 31.2 Å². The van der Waals surface area contributed by atoms with Crippen molar-refractivity contribution in [1.82, 2.24) is 4.57 Å². The molecule has 3 aromatic carbocycles.